The maximum atomic E-state index is 13.0. The summed E-state index contributed by atoms with van der Waals surface area (Å²) in [5.74, 6) is 0.530. The Morgan fingerprint density at radius 1 is 1.10 bits per heavy atom. The van der Waals surface area contributed by atoms with Crippen LogP contribution in [0.15, 0.2) is 56.5 Å². The van der Waals surface area contributed by atoms with Crippen LogP contribution in [0.4, 0.5) is 0 Å². The topological polar surface area (TPSA) is 71.1 Å². The minimum atomic E-state index is -0.452. The highest BCUT2D eigenvalue weighted by Crippen LogP contribution is 2.29. The molecule has 4 rings (SSSR count). The molecular weight excluding hydrogens is 472 g/mol. The summed E-state index contributed by atoms with van der Waals surface area (Å²) in [6, 6.07) is 13.2. The monoisotopic (exact) mass is 488 g/mol. The predicted molar refractivity (Wildman–Crippen MR) is 120 cm³/mol. The molecule has 0 bridgehead atoms. The first-order valence-electron chi connectivity index (χ1n) is 9.11. The molecular formula is C21H18BrClN4O3. The highest BCUT2D eigenvalue weighted by molar-refractivity contribution is 9.10. The van der Waals surface area contributed by atoms with Crippen molar-refractivity contribution in [3.05, 3.63) is 83.9 Å². The van der Waals surface area contributed by atoms with Crippen LogP contribution in [0.25, 0.3) is 11.2 Å². The molecule has 30 heavy (non-hydrogen) atoms. The van der Waals surface area contributed by atoms with Crippen molar-refractivity contribution in [1.29, 1.82) is 0 Å². The fraction of sp³-hybridized carbons (Fsp3) is 0.190. The second kappa shape index (κ2) is 7.77. The van der Waals surface area contributed by atoms with Gasteiger partial charge in [-0.2, -0.15) is 4.98 Å². The van der Waals surface area contributed by atoms with Gasteiger partial charge in [-0.25, -0.2) is 4.79 Å². The number of hydrogen-bond donors (Lipinski definition) is 0. The fourth-order valence-electron chi connectivity index (χ4n) is 3.23. The van der Waals surface area contributed by atoms with Gasteiger partial charge < -0.3 is 4.74 Å². The Kier molecular flexibility index (Phi) is 5.29. The van der Waals surface area contributed by atoms with Gasteiger partial charge in [0.1, 0.15) is 5.75 Å². The fourth-order valence-corrected chi connectivity index (χ4v) is 3.76. The third kappa shape index (κ3) is 3.46. The quantitative estimate of drug-likeness (QED) is 0.434. The van der Waals surface area contributed by atoms with Crippen molar-refractivity contribution in [3.8, 4) is 11.8 Å². The lowest BCUT2D eigenvalue weighted by atomic mass is 10.2. The molecule has 0 radical (unpaired) electrons. The molecule has 0 spiro atoms. The van der Waals surface area contributed by atoms with Gasteiger partial charge in [0.05, 0.1) is 6.54 Å². The summed E-state index contributed by atoms with van der Waals surface area (Å²) in [5.41, 5.74) is 1.45. The number of fused-ring (bicyclic) bond motifs is 1. The molecule has 0 aliphatic rings. The molecule has 7 nitrogen and oxygen atoms in total. The van der Waals surface area contributed by atoms with Crippen LogP contribution >= 0.6 is 27.5 Å². The molecule has 2 aromatic heterocycles. The van der Waals surface area contributed by atoms with Crippen LogP contribution in [0, 0.1) is 6.92 Å². The van der Waals surface area contributed by atoms with E-state index in [4.69, 9.17) is 16.3 Å². The van der Waals surface area contributed by atoms with E-state index in [0.29, 0.717) is 17.3 Å². The van der Waals surface area contributed by atoms with E-state index >= 15 is 0 Å². The molecule has 0 aliphatic heterocycles. The highest BCUT2D eigenvalue weighted by Gasteiger charge is 2.21. The van der Waals surface area contributed by atoms with Crippen molar-refractivity contribution in [2.24, 2.45) is 14.1 Å². The van der Waals surface area contributed by atoms with Gasteiger partial charge in [0.15, 0.2) is 11.2 Å². The van der Waals surface area contributed by atoms with E-state index in [1.54, 1.807) is 29.8 Å². The van der Waals surface area contributed by atoms with E-state index < -0.39 is 11.2 Å². The van der Waals surface area contributed by atoms with Gasteiger partial charge in [-0.1, -0.05) is 45.7 Å². The third-order valence-electron chi connectivity index (χ3n) is 4.94. The zero-order valence-electron chi connectivity index (χ0n) is 16.5. The van der Waals surface area contributed by atoms with E-state index in [1.165, 1.54) is 11.6 Å². The van der Waals surface area contributed by atoms with Crippen LogP contribution in [0.1, 0.15) is 11.1 Å². The van der Waals surface area contributed by atoms with E-state index in [0.717, 1.165) is 20.2 Å². The van der Waals surface area contributed by atoms with Gasteiger partial charge in [0.2, 0.25) is 0 Å². The molecule has 4 aromatic rings. The van der Waals surface area contributed by atoms with Gasteiger partial charge >= 0.3 is 11.7 Å². The number of rotatable bonds is 4. The van der Waals surface area contributed by atoms with Crippen molar-refractivity contribution < 1.29 is 4.74 Å². The summed E-state index contributed by atoms with van der Waals surface area (Å²) < 4.78 is 11.0. The van der Waals surface area contributed by atoms with Crippen molar-refractivity contribution in [1.82, 2.24) is 18.7 Å². The van der Waals surface area contributed by atoms with E-state index in [-0.39, 0.29) is 17.2 Å². The Morgan fingerprint density at radius 3 is 2.53 bits per heavy atom. The summed E-state index contributed by atoms with van der Waals surface area (Å²) >= 11 is 9.66. The minimum Gasteiger partial charge on any atom is -0.425 e. The molecule has 0 saturated heterocycles. The number of halogens is 2. The van der Waals surface area contributed by atoms with Crippen molar-refractivity contribution in [2.75, 3.05) is 0 Å². The van der Waals surface area contributed by atoms with E-state index in [9.17, 15) is 9.59 Å². The first-order valence-corrected chi connectivity index (χ1v) is 10.3. The SMILES string of the molecule is Cc1cc(Oc2nc3c(c(=O)n(C)c(=O)n3C)n2Cc2ccccc2Br)ccc1Cl. The second-order valence-corrected chi connectivity index (χ2v) is 8.22. The number of aromatic nitrogens is 4. The minimum absolute atomic E-state index is 0.209. The first kappa shape index (κ1) is 20.4. The highest BCUT2D eigenvalue weighted by atomic mass is 79.9. The predicted octanol–water partition coefficient (Wildman–Crippen LogP) is 4.00. The summed E-state index contributed by atoms with van der Waals surface area (Å²) in [5, 5.41) is 0.625. The molecule has 0 fully saturated rings. The van der Waals surface area contributed by atoms with E-state index in [2.05, 4.69) is 20.9 Å². The maximum absolute atomic E-state index is 13.0. The Labute approximate surface area is 185 Å². The van der Waals surface area contributed by atoms with Crippen LogP contribution < -0.4 is 16.0 Å². The summed E-state index contributed by atoms with van der Waals surface area (Å²) in [6.45, 7) is 2.20. The van der Waals surface area contributed by atoms with Crippen LogP contribution in [-0.2, 0) is 20.6 Å². The number of nitrogens with zero attached hydrogens (tertiary/aromatic N) is 4. The lowest BCUT2D eigenvalue weighted by molar-refractivity contribution is 0.420. The molecule has 0 amide bonds. The summed E-state index contributed by atoms with van der Waals surface area (Å²) in [6.07, 6.45) is 0. The normalized spacial score (nSPS) is 11.2. The van der Waals surface area contributed by atoms with Gasteiger partial charge in [-0.15, -0.1) is 0 Å². The molecule has 2 aromatic carbocycles. The average molecular weight is 490 g/mol. The van der Waals surface area contributed by atoms with Crippen LogP contribution in [-0.4, -0.2) is 18.7 Å². The summed E-state index contributed by atoms with van der Waals surface area (Å²) in [4.78, 5) is 29.8. The zero-order chi connectivity index (χ0) is 21.6. The van der Waals surface area contributed by atoms with Crippen LogP contribution in [0.2, 0.25) is 5.02 Å². The Hall–Kier alpha value is -2.84. The molecule has 0 unspecified atom stereocenters. The van der Waals surface area contributed by atoms with Gasteiger partial charge in [0.25, 0.3) is 5.56 Å². The number of benzene rings is 2. The van der Waals surface area contributed by atoms with Gasteiger partial charge in [-0.3, -0.25) is 18.5 Å². The average Bonchev–Trinajstić information content (AvgIpc) is 3.07. The molecule has 0 atom stereocenters. The molecule has 0 N–H and O–H groups in total. The number of aryl methyl sites for hydroxylation is 2. The van der Waals surface area contributed by atoms with Crippen molar-refractivity contribution in [2.45, 2.75) is 13.5 Å². The number of imidazole rings is 1. The number of hydrogen-bond acceptors (Lipinski definition) is 4. The van der Waals surface area contributed by atoms with Crippen LogP contribution in [0.3, 0.4) is 0 Å². The maximum Gasteiger partial charge on any atom is 0.332 e. The van der Waals surface area contributed by atoms with Crippen LogP contribution in [0.5, 0.6) is 11.8 Å². The molecule has 0 aliphatic carbocycles. The molecule has 9 heteroatoms. The smallest absolute Gasteiger partial charge is 0.332 e. The van der Waals surface area contributed by atoms with E-state index in [1.807, 2.05) is 31.2 Å². The van der Waals surface area contributed by atoms with Gasteiger partial charge in [0, 0.05) is 23.6 Å². The van der Waals surface area contributed by atoms with Gasteiger partial charge in [-0.05, 0) is 42.3 Å². The first-order chi connectivity index (χ1) is 14.3. The molecule has 2 heterocycles. The Morgan fingerprint density at radius 2 is 1.83 bits per heavy atom. The Balaban J connectivity index is 1.96. The van der Waals surface area contributed by atoms with Crippen molar-refractivity contribution in [3.63, 3.8) is 0 Å². The third-order valence-corrected chi connectivity index (χ3v) is 6.14. The largest absolute Gasteiger partial charge is 0.425 e. The molecule has 0 saturated carbocycles. The second-order valence-electron chi connectivity index (χ2n) is 6.96. The lowest BCUT2D eigenvalue weighted by Crippen LogP contribution is -2.37. The zero-order valence-corrected chi connectivity index (χ0v) is 18.9. The summed E-state index contributed by atoms with van der Waals surface area (Å²) in [7, 11) is 3.03. The van der Waals surface area contributed by atoms with Crippen molar-refractivity contribution >= 4 is 38.7 Å². The standard InChI is InChI=1S/C21H18BrClN4O3/c1-12-10-14(8-9-16(12)23)30-20-24-18-17(19(28)26(3)21(29)25(18)2)27(20)11-13-6-4-5-7-15(13)22/h4-10H,11H2,1-3H3. The number of ether oxygens (including phenoxy) is 1. The lowest BCUT2D eigenvalue weighted by Gasteiger charge is -2.12. The Bertz CT molecular complexity index is 1400. The molecule has 154 valence electrons.